The van der Waals surface area contributed by atoms with Gasteiger partial charge in [-0.3, -0.25) is 4.79 Å². The summed E-state index contributed by atoms with van der Waals surface area (Å²) in [6.45, 7) is 2.01. The molecule has 0 heterocycles. The SMILES string of the molecule is CCc1ccc(OC)cc1CC(=O)O. The van der Waals surface area contributed by atoms with E-state index in [9.17, 15) is 4.79 Å². The Morgan fingerprint density at radius 2 is 2.14 bits per heavy atom. The highest BCUT2D eigenvalue weighted by Gasteiger charge is 2.06. The van der Waals surface area contributed by atoms with Gasteiger partial charge in [0.1, 0.15) is 5.75 Å². The van der Waals surface area contributed by atoms with Crippen molar-refractivity contribution < 1.29 is 14.6 Å². The fraction of sp³-hybridized carbons (Fsp3) is 0.364. The predicted molar refractivity (Wildman–Crippen MR) is 53.7 cm³/mol. The van der Waals surface area contributed by atoms with E-state index < -0.39 is 5.97 Å². The van der Waals surface area contributed by atoms with Gasteiger partial charge in [0, 0.05) is 0 Å². The highest BCUT2D eigenvalue weighted by molar-refractivity contribution is 5.71. The fourth-order valence-electron chi connectivity index (χ4n) is 1.40. The highest BCUT2D eigenvalue weighted by atomic mass is 16.5. The first-order valence-corrected chi connectivity index (χ1v) is 4.55. The quantitative estimate of drug-likeness (QED) is 0.796. The normalized spacial score (nSPS) is 9.86. The van der Waals surface area contributed by atoms with Crippen LogP contribution in [0, 0.1) is 0 Å². The molecular formula is C11H14O3. The lowest BCUT2D eigenvalue weighted by Crippen LogP contribution is -2.03. The molecule has 3 nitrogen and oxygen atoms in total. The Morgan fingerprint density at radius 3 is 2.64 bits per heavy atom. The lowest BCUT2D eigenvalue weighted by atomic mass is 10.0. The Labute approximate surface area is 83.3 Å². The Kier molecular flexibility index (Phi) is 3.51. The minimum Gasteiger partial charge on any atom is -0.497 e. The Morgan fingerprint density at radius 1 is 1.43 bits per heavy atom. The number of aryl methyl sites for hydroxylation is 1. The number of methoxy groups -OCH3 is 1. The Bertz CT molecular complexity index is 331. The van der Waals surface area contributed by atoms with Gasteiger partial charge in [0.25, 0.3) is 0 Å². The molecule has 0 aliphatic carbocycles. The molecule has 0 aliphatic rings. The van der Waals surface area contributed by atoms with E-state index in [4.69, 9.17) is 9.84 Å². The first kappa shape index (κ1) is 10.6. The first-order chi connectivity index (χ1) is 6.67. The molecule has 1 N–H and O–H groups in total. The summed E-state index contributed by atoms with van der Waals surface area (Å²) in [7, 11) is 1.57. The van der Waals surface area contributed by atoms with Crippen molar-refractivity contribution >= 4 is 5.97 Å². The molecule has 0 saturated heterocycles. The number of hydrogen-bond donors (Lipinski definition) is 1. The number of carboxylic acid groups (broad SMARTS) is 1. The van der Waals surface area contributed by atoms with E-state index in [0.717, 1.165) is 17.5 Å². The van der Waals surface area contributed by atoms with Gasteiger partial charge in [-0.15, -0.1) is 0 Å². The minimum atomic E-state index is -0.812. The van der Waals surface area contributed by atoms with Crippen LogP contribution in [0.3, 0.4) is 0 Å². The molecule has 0 radical (unpaired) electrons. The maximum Gasteiger partial charge on any atom is 0.307 e. The van der Waals surface area contributed by atoms with E-state index >= 15 is 0 Å². The molecule has 0 aliphatic heterocycles. The zero-order valence-electron chi connectivity index (χ0n) is 8.41. The van der Waals surface area contributed by atoms with Gasteiger partial charge in [0.05, 0.1) is 13.5 Å². The number of carboxylic acids is 1. The second-order valence-corrected chi connectivity index (χ2v) is 3.06. The zero-order valence-corrected chi connectivity index (χ0v) is 8.41. The molecule has 0 bridgehead atoms. The maximum atomic E-state index is 10.6. The van der Waals surface area contributed by atoms with Crippen LogP contribution in [0.5, 0.6) is 5.75 Å². The molecule has 76 valence electrons. The monoisotopic (exact) mass is 194 g/mol. The van der Waals surface area contributed by atoms with Crippen LogP contribution >= 0.6 is 0 Å². The summed E-state index contributed by atoms with van der Waals surface area (Å²) in [5.74, 6) is -0.105. The van der Waals surface area contributed by atoms with Gasteiger partial charge in [0.2, 0.25) is 0 Å². The van der Waals surface area contributed by atoms with Crippen LogP contribution in [0.4, 0.5) is 0 Å². The topological polar surface area (TPSA) is 46.5 Å². The van der Waals surface area contributed by atoms with Crippen LogP contribution in [0.2, 0.25) is 0 Å². The largest absolute Gasteiger partial charge is 0.497 e. The second-order valence-electron chi connectivity index (χ2n) is 3.06. The summed E-state index contributed by atoms with van der Waals surface area (Å²) in [6, 6.07) is 5.55. The zero-order chi connectivity index (χ0) is 10.6. The third-order valence-electron chi connectivity index (χ3n) is 2.14. The summed E-state index contributed by atoms with van der Waals surface area (Å²) in [4.78, 5) is 10.6. The van der Waals surface area contributed by atoms with Crippen LogP contribution in [0.1, 0.15) is 18.1 Å². The molecule has 3 heteroatoms. The molecule has 1 aromatic rings. The first-order valence-electron chi connectivity index (χ1n) is 4.55. The third kappa shape index (κ3) is 2.49. The average Bonchev–Trinajstić information content (AvgIpc) is 2.16. The van der Waals surface area contributed by atoms with Crippen molar-refractivity contribution in [3.8, 4) is 5.75 Å². The van der Waals surface area contributed by atoms with E-state index in [1.165, 1.54) is 0 Å². The van der Waals surface area contributed by atoms with Gasteiger partial charge < -0.3 is 9.84 Å². The molecule has 0 unspecified atom stereocenters. The van der Waals surface area contributed by atoms with Crippen molar-refractivity contribution in [2.24, 2.45) is 0 Å². The molecule has 0 amide bonds. The highest BCUT2D eigenvalue weighted by Crippen LogP contribution is 2.18. The Balaban J connectivity index is 3.01. The molecule has 14 heavy (non-hydrogen) atoms. The van der Waals surface area contributed by atoms with Gasteiger partial charge in [-0.2, -0.15) is 0 Å². The molecule has 0 atom stereocenters. The van der Waals surface area contributed by atoms with E-state index in [2.05, 4.69) is 0 Å². The fourth-order valence-corrected chi connectivity index (χ4v) is 1.40. The van der Waals surface area contributed by atoms with Crippen molar-refractivity contribution in [2.45, 2.75) is 19.8 Å². The van der Waals surface area contributed by atoms with Crippen LogP contribution in [0.15, 0.2) is 18.2 Å². The molecule has 0 aromatic heterocycles. The van der Waals surface area contributed by atoms with Gasteiger partial charge in [-0.05, 0) is 29.7 Å². The number of carbonyl (C=O) groups is 1. The Hall–Kier alpha value is -1.51. The maximum absolute atomic E-state index is 10.6. The number of aliphatic carboxylic acids is 1. The van der Waals surface area contributed by atoms with Gasteiger partial charge in [-0.25, -0.2) is 0 Å². The van der Waals surface area contributed by atoms with Crippen LogP contribution < -0.4 is 4.74 Å². The standard InChI is InChI=1S/C11H14O3/c1-3-8-4-5-10(14-2)6-9(8)7-11(12)13/h4-6H,3,7H2,1-2H3,(H,12,13). The molecule has 1 aromatic carbocycles. The number of benzene rings is 1. The summed E-state index contributed by atoms with van der Waals surface area (Å²) < 4.78 is 5.04. The number of ether oxygens (including phenoxy) is 1. The average molecular weight is 194 g/mol. The van der Waals surface area contributed by atoms with Crippen LogP contribution in [-0.4, -0.2) is 18.2 Å². The summed E-state index contributed by atoms with van der Waals surface area (Å²) in [5.41, 5.74) is 1.90. The van der Waals surface area contributed by atoms with E-state index in [-0.39, 0.29) is 6.42 Å². The predicted octanol–water partition coefficient (Wildman–Crippen LogP) is 1.88. The van der Waals surface area contributed by atoms with Crippen LogP contribution in [0.25, 0.3) is 0 Å². The minimum absolute atomic E-state index is 0.0559. The number of hydrogen-bond acceptors (Lipinski definition) is 2. The van der Waals surface area contributed by atoms with Crippen LogP contribution in [-0.2, 0) is 17.6 Å². The van der Waals surface area contributed by atoms with Crippen molar-refractivity contribution in [2.75, 3.05) is 7.11 Å². The van der Waals surface area contributed by atoms with E-state index in [1.807, 2.05) is 19.1 Å². The second kappa shape index (κ2) is 4.65. The van der Waals surface area contributed by atoms with E-state index in [0.29, 0.717) is 5.75 Å². The van der Waals surface area contributed by atoms with E-state index in [1.54, 1.807) is 13.2 Å². The van der Waals surface area contributed by atoms with Crippen molar-refractivity contribution in [3.05, 3.63) is 29.3 Å². The van der Waals surface area contributed by atoms with Gasteiger partial charge >= 0.3 is 5.97 Å². The molecule has 0 fully saturated rings. The number of rotatable bonds is 4. The summed E-state index contributed by atoms with van der Waals surface area (Å²) in [6.07, 6.45) is 0.896. The third-order valence-corrected chi connectivity index (χ3v) is 2.14. The summed E-state index contributed by atoms with van der Waals surface area (Å²) >= 11 is 0. The van der Waals surface area contributed by atoms with Crippen molar-refractivity contribution in [3.63, 3.8) is 0 Å². The smallest absolute Gasteiger partial charge is 0.307 e. The van der Waals surface area contributed by atoms with Gasteiger partial charge in [0.15, 0.2) is 0 Å². The van der Waals surface area contributed by atoms with Crippen molar-refractivity contribution in [1.82, 2.24) is 0 Å². The summed E-state index contributed by atoms with van der Waals surface area (Å²) in [5, 5.41) is 8.71. The lowest BCUT2D eigenvalue weighted by molar-refractivity contribution is -0.136. The molecule has 0 spiro atoms. The molecule has 0 saturated carbocycles. The van der Waals surface area contributed by atoms with Gasteiger partial charge in [-0.1, -0.05) is 13.0 Å². The molecule has 1 rings (SSSR count). The molecular weight excluding hydrogens is 180 g/mol. The lowest BCUT2D eigenvalue weighted by Gasteiger charge is -2.07. The van der Waals surface area contributed by atoms with Crippen molar-refractivity contribution in [1.29, 1.82) is 0 Å².